The van der Waals surface area contributed by atoms with Crippen LogP contribution in [0.25, 0.3) is 21.8 Å². The van der Waals surface area contributed by atoms with E-state index in [1.54, 1.807) is 0 Å². The van der Waals surface area contributed by atoms with E-state index < -0.39 is 23.1 Å². The highest BCUT2D eigenvalue weighted by Crippen LogP contribution is 2.19. The Morgan fingerprint density at radius 3 is 2.50 bits per heavy atom. The van der Waals surface area contributed by atoms with Gasteiger partial charge in [-0.15, -0.1) is 0 Å². The number of hydrogen-bond donors (Lipinski definition) is 1. The van der Waals surface area contributed by atoms with Crippen LogP contribution in [-0.2, 0) is 13.1 Å². The minimum atomic E-state index is -0.935. The molecule has 0 fully saturated rings. The summed E-state index contributed by atoms with van der Waals surface area (Å²) in [6.45, 7) is 0.577. The van der Waals surface area contributed by atoms with Crippen LogP contribution in [0.1, 0.15) is 15.9 Å². The Balaban J connectivity index is 1.34. The van der Waals surface area contributed by atoms with Gasteiger partial charge in [-0.2, -0.15) is 5.10 Å². The molecular formula is C25H19F2N5O2. The van der Waals surface area contributed by atoms with Crippen LogP contribution in [0.15, 0.2) is 78.0 Å². The van der Waals surface area contributed by atoms with E-state index in [0.717, 1.165) is 28.5 Å². The third-order valence-corrected chi connectivity index (χ3v) is 5.64. The third-order valence-electron chi connectivity index (χ3n) is 5.64. The topological polar surface area (TPSA) is 81.8 Å². The standard InChI is InChI=1S/C25H19F2N5O2/c26-20-9-4-10-21(27)22(20)24(33)28-11-12-32-23-19(13-30-32)25(34)31(15-29-23)14-17-7-3-6-16-5-1-2-8-18(16)17/h1-10,13,15H,11-12,14H2,(H,28,33). The van der Waals surface area contributed by atoms with Crippen molar-refractivity contribution in [2.75, 3.05) is 6.54 Å². The van der Waals surface area contributed by atoms with Gasteiger partial charge in [-0.25, -0.2) is 18.4 Å². The molecule has 170 valence electrons. The zero-order valence-electron chi connectivity index (χ0n) is 17.9. The zero-order chi connectivity index (χ0) is 23.7. The molecule has 0 saturated heterocycles. The summed E-state index contributed by atoms with van der Waals surface area (Å²) in [6, 6.07) is 17.1. The molecule has 1 amide bonds. The summed E-state index contributed by atoms with van der Waals surface area (Å²) in [7, 11) is 0. The molecule has 0 aliphatic rings. The SMILES string of the molecule is O=C(NCCn1ncc2c(=O)n(Cc3cccc4ccccc34)cnc21)c1c(F)cccc1F. The van der Waals surface area contributed by atoms with Crippen molar-refractivity contribution in [2.45, 2.75) is 13.1 Å². The summed E-state index contributed by atoms with van der Waals surface area (Å²) in [5.74, 6) is -2.73. The molecule has 0 bridgehead atoms. The van der Waals surface area contributed by atoms with E-state index in [1.165, 1.54) is 27.8 Å². The molecular weight excluding hydrogens is 440 g/mol. The lowest BCUT2D eigenvalue weighted by Gasteiger charge is -2.10. The predicted octanol–water partition coefficient (Wildman–Crippen LogP) is 3.50. The zero-order valence-corrected chi connectivity index (χ0v) is 17.9. The Morgan fingerprint density at radius 1 is 0.941 bits per heavy atom. The van der Waals surface area contributed by atoms with Crippen molar-refractivity contribution in [3.8, 4) is 0 Å². The maximum absolute atomic E-state index is 13.8. The smallest absolute Gasteiger partial charge is 0.264 e. The van der Waals surface area contributed by atoms with Crippen molar-refractivity contribution in [2.24, 2.45) is 0 Å². The fourth-order valence-corrected chi connectivity index (χ4v) is 3.97. The normalized spacial score (nSPS) is 11.2. The van der Waals surface area contributed by atoms with Crippen molar-refractivity contribution in [3.05, 3.63) is 106 Å². The molecule has 3 aromatic carbocycles. The molecule has 0 unspecified atom stereocenters. The van der Waals surface area contributed by atoms with Gasteiger partial charge in [0, 0.05) is 6.54 Å². The van der Waals surface area contributed by atoms with Gasteiger partial charge in [0.05, 0.1) is 19.3 Å². The second-order valence-electron chi connectivity index (χ2n) is 7.77. The third kappa shape index (κ3) is 3.92. The highest BCUT2D eigenvalue weighted by Gasteiger charge is 2.17. The second-order valence-corrected chi connectivity index (χ2v) is 7.77. The number of carbonyl (C=O) groups is 1. The van der Waals surface area contributed by atoms with Crippen LogP contribution < -0.4 is 10.9 Å². The Morgan fingerprint density at radius 2 is 1.68 bits per heavy atom. The van der Waals surface area contributed by atoms with Gasteiger partial charge in [0.25, 0.3) is 11.5 Å². The number of carbonyl (C=O) groups excluding carboxylic acids is 1. The van der Waals surface area contributed by atoms with Gasteiger partial charge in [0.1, 0.15) is 28.9 Å². The van der Waals surface area contributed by atoms with E-state index in [0.29, 0.717) is 17.6 Å². The van der Waals surface area contributed by atoms with Crippen LogP contribution in [0.2, 0.25) is 0 Å². The van der Waals surface area contributed by atoms with Gasteiger partial charge in [0.15, 0.2) is 5.65 Å². The van der Waals surface area contributed by atoms with E-state index in [9.17, 15) is 18.4 Å². The second kappa shape index (κ2) is 8.86. The average molecular weight is 459 g/mol. The van der Waals surface area contributed by atoms with E-state index in [4.69, 9.17) is 0 Å². The maximum atomic E-state index is 13.8. The number of halogens is 2. The van der Waals surface area contributed by atoms with Crippen molar-refractivity contribution in [3.63, 3.8) is 0 Å². The van der Waals surface area contributed by atoms with Crippen molar-refractivity contribution in [1.29, 1.82) is 0 Å². The monoisotopic (exact) mass is 459 g/mol. The van der Waals surface area contributed by atoms with Gasteiger partial charge in [-0.3, -0.25) is 14.2 Å². The number of nitrogens with zero attached hydrogens (tertiary/aromatic N) is 4. The Bertz CT molecular complexity index is 1570. The molecule has 5 aromatic rings. The number of benzene rings is 3. The first-order chi connectivity index (χ1) is 16.5. The molecule has 0 saturated carbocycles. The maximum Gasteiger partial charge on any atom is 0.264 e. The Hall–Kier alpha value is -4.40. The molecule has 1 N–H and O–H groups in total. The molecule has 0 aliphatic heterocycles. The van der Waals surface area contributed by atoms with E-state index >= 15 is 0 Å². The van der Waals surface area contributed by atoms with Crippen LogP contribution in [0.5, 0.6) is 0 Å². The van der Waals surface area contributed by atoms with Gasteiger partial charge in [-0.1, -0.05) is 48.5 Å². The van der Waals surface area contributed by atoms with Gasteiger partial charge >= 0.3 is 0 Å². The molecule has 5 rings (SSSR count). The van der Waals surface area contributed by atoms with Crippen LogP contribution in [-0.4, -0.2) is 31.8 Å². The molecule has 7 nitrogen and oxygen atoms in total. The summed E-state index contributed by atoms with van der Waals surface area (Å²) < 4.78 is 30.5. The average Bonchev–Trinajstić information content (AvgIpc) is 3.25. The van der Waals surface area contributed by atoms with Crippen LogP contribution in [0.4, 0.5) is 8.78 Å². The first-order valence-corrected chi connectivity index (χ1v) is 10.6. The lowest BCUT2D eigenvalue weighted by atomic mass is 10.0. The molecule has 2 heterocycles. The van der Waals surface area contributed by atoms with Crippen molar-refractivity contribution in [1.82, 2.24) is 24.6 Å². The largest absolute Gasteiger partial charge is 0.350 e. The number of fused-ring (bicyclic) bond motifs is 2. The summed E-state index contributed by atoms with van der Waals surface area (Å²) in [5, 5.41) is 9.17. The molecule has 34 heavy (non-hydrogen) atoms. The summed E-state index contributed by atoms with van der Waals surface area (Å²) in [5.41, 5.74) is 0.492. The first-order valence-electron chi connectivity index (χ1n) is 10.6. The quantitative estimate of drug-likeness (QED) is 0.421. The first kappa shape index (κ1) is 21.4. The number of amides is 1. The fourth-order valence-electron chi connectivity index (χ4n) is 3.97. The lowest BCUT2D eigenvalue weighted by molar-refractivity contribution is 0.0943. The van der Waals surface area contributed by atoms with E-state index in [2.05, 4.69) is 15.4 Å². The predicted molar refractivity (Wildman–Crippen MR) is 124 cm³/mol. The molecule has 0 atom stereocenters. The van der Waals surface area contributed by atoms with E-state index in [1.807, 2.05) is 42.5 Å². The molecule has 2 aromatic heterocycles. The molecule has 9 heteroatoms. The van der Waals surface area contributed by atoms with Gasteiger partial charge in [-0.05, 0) is 28.5 Å². The number of aromatic nitrogens is 4. The summed E-state index contributed by atoms with van der Waals surface area (Å²) in [6.07, 6.45) is 2.90. The fraction of sp³-hybridized carbons (Fsp3) is 0.120. The highest BCUT2D eigenvalue weighted by atomic mass is 19.1. The van der Waals surface area contributed by atoms with Gasteiger partial charge in [0.2, 0.25) is 0 Å². The number of hydrogen-bond acceptors (Lipinski definition) is 4. The lowest BCUT2D eigenvalue weighted by Crippen LogP contribution is -2.29. The minimum absolute atomic E-state index is 0.0458. The summed E-state index contributed by atoms with van der Waals surface area (Å²) in [4.78, 5) is 29.6. The highest BCUT2D eigenvalue weighted by molar-refractivity contribution is 5.94. The molecule has 0 aliphatic carbocycles. The molecule has 0 radical (unpaired) electrons. The Labute approximate surface area is 192 Å². The van der Waals surface area contributed by atoms with Crippen LogP contribution in [0, 0.1) is 11.6 Å². The van der Waals surface area contributed by atoms with Crippen molar-refractivity contribution < 1.29 is 13.6 Å². The summed E-state index contributed by atoms with van der Waals surface area (Å²) >= 11 is 0. The van der Waals surface area contributed by atoms with Crippen LogP contribution in [0.3, 0.4) is 0 Å². The number of nitrogens with one attached hydrogen (secondary N) is 1. The van der Waals surface area contributed by atoms with Crippen molar-refractivity contribution >= 4 is 27.7 Å². The van der Waals surface area contributed by atoms with Crippen LogP contribution >= 0.6 is 0 Å². The Kier molecular flexibility index (Phi) is 5.59. The van der Waals surface area contributed by atoms with E-state index in [-0.39, 0.29) is 18.6 Å². The molecule has 0 spiro atoms. The van der Waals surface area contributed by atoms with Gasteiger partial charge < -0.3 is 5.32 Å². The minimum Gasteiger partial charge on any atom is -0.350 e. The number of rotatable bonds is 6.